The first-order valence-corrected chi connectivity index (χ1v) is 10.5. The van der Waals surface area contributed by atoms with Crippen molar-refractivity contribution in [2.24, 2.45) is 4.99 Å². The number of nitriles is 1. The van der Waals surface area contributed by atoms with Crippen molar-refractivity contribution in [1.29, 1.82) is 10.7 Å². The molecule has 0 aliphatic rings. The van der Waals surface area contributed by atoms with Gasteiger partial charge in [0.1, 0.15) is 0 Å². The van der Waals surface area contributed by atoms with Crippen LogP contribution in [0.1, 0.15) is 20.3 Å². The van der Waals surface area contributed by atoms with Crippen LogP contribution in [0, 0.1) is 16.9 Å². The third kappa shape index (κ3) is 9.26. The third-order valence-corrected chi connectivity index (χ3v) is 4.85. The van der Waals surface area contributed by atoms with Crippen LogP contribution in [0.3, 0.4) is 0 Å². The summed E-state index contributed by atoms with van der Waals surface area (Å²) in [5.74, 6) is 0.689. The summed E-state index contributed by atoms with van der Waals surface area (Å²) in [5.41, 5.74) is 0.922. The highest BCUT2D eigenvalue weighted by atomic mass is 32.2. The van der Waals surface area contributed by atoms with Crippen molar-refractivity contribution in [3.63, 3.8) is 0 Å². The van der Waals surface area contributed by atoms with Gasteiger partial charge in [-0.1, -0.05) is 6.92 Å². The Morgan fingerprint density at radius 1 is 1.39 bits per heavy atom. The predicted octanol–water partition coefficient (Wildman–Crippen LogP) is 2.02. The summed E-state index contributed by atoms with van der Waals surface area (Å²) >= 11 is 1.65. The molecule has 0 atom stereocenters. The molecule has 0 fully saturated rings. The van der Waals surface area contributed by atoms with Crippen LogP contribution in [0.15, 0.2) is 28.1 Å². The van der Waals surface area contributed by atoms with E-state index < -0.39 is 6.09 Å². The van der Waals surface area contributed by atoms with E-state index in [0.29, 0.717) is 11.4 Å². The predicted molar refractivity (Wildman–Crippen MR) is 122 cm³/mol. The maximum Gasteiger partial charge on any atom is 0.413 e. The van der Waals surface area contributed by atoms with Gasteiger partial charge >= 0.3 is 6.09 Å². The Balaban J connectivity index is 3.16. The van der Waals surface area contributed by atoms with Crippen molar-refractivity contribution in [2.75, 3.05) is 38.3 Å². The molecule has 0 bridgehead atoms. The first-order chi connectivity index (χ1) is 14.8. The SMILES string of the molecule is CCCSc1ccc(NC(C)=O)c(N=C(NCCN(C#N)C(=N)NC)NC(=O)OC)c1. The van der Waals surface area contributed by atoms with Gasteiger partial charge in [0.05, 0.1) is 25.0 Å². The van der Waals surface area contributed by atoms with E-state index in [4.69, 9.17) is 10.7 Å². The molecule has 0 heterocycles. The molecule has 1 aromatic carbocycles. The number of rotatable bonds is 8. The smallest absolute Gasteiger partial charge is 0.413 e. The molecule has 0 aromatic heterocycles. The van der Waals surface area contributed by atoms with E-state index in [9.17, 15) is 9.59 Å². The molecule has 1 rings (SSSR count). The molecule has 12 heteroatoms. The highest BCUT2D eigenvalue weighted by molar-refractivity contribution is 7.99. The zero-order valence-corrected chi connectivity index (χ0v) is 18.9. The van der Waals surface area contributed by atoms with Crippen LogP contribution in [0.4, 0.5) is 16.2 Å². The Hall–Kier alpha value is -3.46. The van der Waals surface area contributed by atoms with Crippen molar-refractivity contribution in [3.8, 4) is 6.19 Å². The number of alkyl carbamates (subject to hydrolysis) is 1. The Labute approximate surface area is 186 Å². The van der Waals surface area contributed by atoms with E-state index in [1.807, 2.05) is 18.3 Å². The molecule has 168 valence electrons. The van der Waals surface area contributed by atoms with Gasteiger partial charge < -0.3 is 20.7 Å². The molecular weight excluding hydrogens is 420 g/mol. The minimum absolute atomic E-state index is 0.0580. The summed E-state index contributed by atoms with van der Waals surface area (Å²) in [4.78, 5) is 29.9. The maximum atomic E-state index is 11.8. The fourth-order valence-electron chi connectivity index (χ4n) is 2.22. The molecule has 31 heavy (non-hydrogen) atoms. The second-order valence-corrected chi connectivity index (χ2v) is 7.23. The van der Waals surface area contributed by atoms with Gasteiger partial charge in [0.15, 0.2) is 6.19 Å². The number of methoxy groups -OCH3 is 1. The summed E-state index contributed by atoms with van der Waals surface area (Å²) in [6, 6.07) is 5.45. The highest BCUT2D eigenvalue weighted by Gasteiger charge is 2.12. The van der Waals surface area contributed by atoms with E-state index in [-0.39, 0.29) is 30.9 Å². The maximum absolute atomic E-state index is 11.8. The number of anilines is 1. The van der Waals surface area contributed by atoms with E-state index in [1.54, 1.807) is 24.9 Å². The van der Waals surface area contributed by atoms with Gasteiger partial charge in [-0.25, -0.2) is 14.7 Å². The van der Waals surface area contributed by atoms with Gasteiger partial charge in [0.2, 0.25) is 17.8 Å². The normalized spacial score (nSPS) is 10.5. The van der Waals surface area contributed by atoms with Crippen LogP contribution in [-0.2, 0) is 9.53 Å². The van der Waals surface area contributed by atoms with Crippen LogP contribution in [-0.4, -0.2) is 61.8 Å². The molecule has 1 aromatic rings. The van der Waals surface area contributed by atoms with E-state index in [0.717, 1.165) is 22.0 Å². The molecular formula is C19H28N8O3S. The number of hydrogen-bond acceptors (Lipinski definition) is 7. The lowest BCUT2D eigenvalue weighted by Gasteiger charge is -2.17. The first kappa shape index (κ1) is 25.6. The van der Waals surface area contributed by atoms with E-state index >= 15 is 0 Å². The molecule has 5 N–H and O–H groups in total. The minimum atomic E-state index is -0.732. The zero-order chi connectivity index (χ0) is 23.2. The molecule has 0 saturated carbocycles. The number of hydrogen-bond donors (Lipinski definition) is 5. The van der Waals surface area contributed by atoms with Crippen LogP contribution >= 0.6 is 11.8 Å². The summed E-state index contributed by atoms with van der Waals surface area (Å²) in [5, 5.41) is 27.5. The first-order valence-electron chi connectivity index (χ1n) is 9.50. The number of nitrogens with zero attached hydrogens (tertiary/aromatic N) is 3. The second-order valence-electron chi connectivity index (χ2n) is 6.06. The molecule has 2 amide bonds. The average Bonchev–Trinajstić information content (AvgIpc) is 2.75. The van der Waals surface area contributed by atoms with Crippen molar-refractivity contribution in [2.45, 2.75) is 25.2 Å². The quantitative estimate of drug-likeness (QED) is 0.133. The Morgan fingerprint density at radius 3 is 2.71 bits per heavy atom. The monoisotopic (exact) mass is 448 g/mol. The molecule has 0 aliphatic heterocycles. The topological polar surface area (TPSA) is 155 Å². The Bertz CT molecular complexity index is 853. The highest BCUT2D eigenvalue weighted by Crippen LogP contribution is 2.31. The minimum Gasteiger partial charge on any atom is -0.453 e. The number of guanidine groups is 2. The lowest BCUT2D eigenvalue weighted by molar-refractivity contribution is -0.114. The fourth-order valence-corrected chi connectivity index (χ4v) is 3.02. The second kappa shape index (κ2) is 13.7. The molecule has 0 spiro atoms. The van der Waals surface area contributed by atoms with E-state index in [1.165, 1.54) is 14.0 Å². The molecule has 11 nitrogen and oxygen atoms in total. The molecule has 0 aliphatic carbocycles. The van der Waals surface area contributed by atoms with Gasteiger partial charge in [-0.15, -0.1) is 11.8 Å². The molecule has 0 saturated heterocycles. The Kier molecular flexibility index (Phi) is 11.3. The molecule has 0 radical (unpaired) electrons. The lowest BCUT2D eigenvalue weighted by atomic mass is 10.2. The van der Waals surface area contributed by atoms with Gasteiger partial charge in [-0.3, -0.25) is 15.5 Å². The average molecular weight is 449 g/mol. The number of benzene rings is 1. The third-order valence-electron chi connectivity index (χ3n) is 3.65. The van der Waals surface area contributed by atoms with Gasteiger partial charge in [0.25, 0.3) is 0 Å². The van der Waals surface area contributed by atoms with Crippen molar-refractivity contribution >= 4 is 47.1 Å². The van der Waals surface area contributed by atoms with Crippen LogP contribution < -0.4 is 21.3 Å². The van der Waals surface area contributed by atoms with Crippen molar-refractivity contribution in [3.05, 3.63) is 18.2 Å². The van der Waals surface area contributed by atoms with Crippen molar-refractivity contribution in [1.82, 2.24) is 20.9 Å². The molecule has 0 unspecified atom stereocenters. The number of carbonyl (C=O) groups excluding carboxylic acids is 2. The van der Waals surface area contributed by atoms with Gasteiger partial charge in [-0.2, -0.15) is 5.26 Å². The van der Waals surface area contributed by atoms with Crippen LogP contribution in [0.5, 0.6) is 0 Å². The van der Waals surface area contributed by atoms with Gasteiger partial charge in [0, 0.05) is 25.4 Å². The van der Waals surface area contributed by atoms with Crippen molar-refractivity contribution < 1.29 is 14.3 Å². The van der Waals surface area contributed by atoms with Crippen LogP contribution in [0.25, 0.3) is 0 Å². The number of nitrogens with one attached hydrogen (secondary N) is 5. The zero-order valence-electron chi connectivity index (χ0n) is 18.0. The number of carbonyl (C=O) groups is 2. The van der Waals surface area contributed by atoms with E-state index in [2.05, 4.69) is 37.9 Å². The lowest BCUT2D eigenvalue weighted by Crippen LogP contribution is -2.45. The summed E-state index contributed by atoms with van der Waals surface area (Å²) < 4.78 is 4.64. The number of thioether (sulfide) groups is 1. The number of aliphatic imine (C=N–C) groups is 1. The standard InChI is InChI=1S/C19H28N8O3S/c1-5-10-31-14-6-7-15(24-13(2)28)16(11-14)25-18(26-19(29)30-4)23-8-9-27(12-20)17(21)22-3/h6-7,11H,5,8-10H2,1-4H3,(H2,21,22)(H,24,28)(H2,23,25,26,29). The fraction of sp³-hybridized carbons (Fsp3) is 0.421. The largest absolute Gasteiger partial charge is 0.453 e. The number of ether oxygens (including phenoxy) is 1. The summed E-state index contributed by atoms with van der Waals surface area (Å²) in [6.07, 6.45) is 2.16. The Morgan fingerprint density at radius 2 is 2.13 bits per heavy atom. The summed E-state index contributed by atoms with van der Waals surface area (Å²) in [7, 11) is 2.77. The van der Waals surface area contributed by atoms with Gasteiger partial charge in [-0.05, 0) is 30.4 Å². The van der Waals surface area contributed by atoms with Crippen LogP contribution in [0.2, 0.25) is 0 Å². The number of amides is 2. The summed E-state index contributed by atoms with van der Waals surface area (Å²) in [6.45, 7) is 3.83.